The SMILES string of the molecule is N#Cc1cccc(Nc2nc(NC3CC3)n3ncc(/C=C4\NC(=O)NC4=O)c3n2)c1. The minimum Gasteiger partial charge on any atom is -0.351 e. The van der Waals surface area contributed by atoms with E-state index < -0.39 is 11.9 Å². The van der Waals surface area contributed by atoms with E-state index in [1.54, 1.807) is 35.0 Å². The van der Waals surface area contributed by atoms with Gasteiger partial charge in [0.1, 0.15) is 5.70 Å². The molecule has 1 saturated carbocycles. The summed E-state index contributed by atoms with van der Waals surface area (Å²) in [6, 6.07) is 8.81. The molecular weight excluding hydrogens is 386 g/mol. The highest BCUT2D eigenvalue weighted by molar-refractivity contribution is 6.14. The minimum atomic E-state index is -0.576. The van der Waals surface area contributed by atoms with Gasteiger partial charge in [0.2, 0.25) is 11.9 Å². The maximum atomic E-state index is 11.9. The first-order valence-corrected chi connectivity index (χ1v) is 9.22. The summed E-state index contributed by atoms with van der Waals surface area (Å²) in [6.07, 6.45) is 5.15. The monoisotopic (exact) mass is 401 g/mol. The molecule has 0 radical (unpaired) electrons. The lowest BCUT2D eigenvalue weighted by atomic mass is 10.2. The maximum absolute atomic E-state index is 11.9. The largest absolute Gasteiger partial charge is 0.351 e. The van der Waals surface area contributed by atoms with E-state index in [-0.39, 0.29) is 5.70 Å². The van der Waals surface area contributed by atoms with E-state index in [0.717, 1.165) is 12.8 Å². The molecule has 0 unspecified atom stereocenters. The number of aromatic nitrogens is 4. The number of nitrogens with zero attached hydrogens (tertiary/aromatic N) is 5. The second-order valence-electron chi connectivity index (χ2n) is 6.91. The van der Waals surface area contributed by atoms with Crippen molar-refractivity contribution in [3.8, 4) is 6.07 Å². The van der Waals surface area contributed by atoms with Crippen molar-refractivity contribution in [3.05, 3.63) is 47.3 Å². The molecular formula is C19H15N9O2. The standard InChI is InChI=1S/C19H15N9O2/c20-8-10-2-1-3-13(6-10)22-17-25-15-11(7-14-16(29)26-19(30)24-14)9-21-28(15)18(27-17)23-12-4-5-12/h1-3,6-7,9,12H,4-5H2,(H2,22,23,25,27)(H2,24,26,29,30)/b14-7-. The zero-order valence-corrected chi connectivity index (χ0v) is 15.5. The maximum Gasteiger partial charge on any atom is 0.326 e. The van der Waals surface area contributed by atoms with E-state index in [4.69, 9.17) is 5.26 Å². The number of nitrogens with one attached hydrogen (secondary N) is 4. The Morgan fingerprint density at radius 1 is 1.23 bits per heavy atom. The lowest BCUT2D eigenvalue weighted by Gasteiger charge is -2.10. The van der Waals surface area contributed by atoms with Crippen LogP contribution in [0.15, 0.2) is 36.2 Å². The molecule has 30 heavy (non-hydrogen) atoms. The molecule has 1 saturated heterocycles. The Hall–Kier alpha value is -4.46. The summed E-state index contributed by atoms with van der Waals surface area (Å²) in [5.74, 6) is 0.295. The van der Waals surface area contributed by atoms with Crippen molar-refractivity contribution in [2.45, 2.75) is 18.9 Å². The van der Waals surface area contributed by atoms with Crippen LogP contribution in [0.1, 0.15) is 24.0 Å². The molecule has 1 aromatic carbocycles. The van der Waals surface area contributed by atoms with Crippen molar-refractivity contribution < 1.29 is 9.59 Å². The molecule has 148 valence electrons. The molecule has 2 fully saturated rings. The first-order chi connectivity index (χ1) is 14.6. The number of urea groups is 1. The van der Waals surface area contributed by atoms with Crippen molar-refractivity contribution in [2.24, 2.45) is 0 Å². The van der Waals surface area contributed by atoms with Crippen molar-refractivity contribution in [1.29, 1.82) is 5.26 Å². The highest BCUT2D eigenvalue weighted by Gasteiger charge is 2.26. The Labute approximate surface area is 169 Å². The Morgan fingerprint density at radius 3 is 2.83 bits per heavy atom. The molecule has 0 bridgehead atoms. The zero-order valence-electron chi connectivity index (χ0n) is 15.5. The number of anilines is 3. The van der Waals surface area contributed by atoms with Crippen molar-refractivity contribution in [3.63, 3.8) is 0 Å². The van der Waals surface area contributed by atoms with E-state index in [1.807, 2.05) is 0 Å². The highest BCUT2D eigenvalue weighted by atomic mass is 16.2. The molecule has 4 N–H and O–H groups in total. The van der Waals surface area contributed by atoms with Crippen LogP contribution < -0.4 is 21.3 Å². The minimum absolute atomic E-state index is 0.112. The number of carbonyl (C=O) groups excluding carboxylic acids is 2. The smallest absolute Gasteiger partial charge is 0.326 e. The molecule has 2 aromatic heterocycles. The quantitative estimate of drug-likeness (QED) is 0.371. The predicted octanol–water partition coefficient (Wildman–Crippen LogP) is 1.49. The fraction of sp³-hybridized carbons (Fsp3) is 0.158. The molecule has 0 atom stereocenters. The molecule has 3 aromatic rings. The van der Waals surface area contributed by atoms with Gasteiger partial charge in [-0.2, -0.15) is 24.8 Å². The summed E-state index contributed by atoms with van der Waals surface area (Å²) >= 11 is 0. The summed E-state index contributed by atoms with van der Waals surface area (Å²) in [5.41, 5.74) is 2.28. The van der Waals surface area contributed by atoms with Gasteiger partial charge < -0.3 is 16.0 Å². The number of carbonyl (C=O) groups is 2. The molecule has 11 nitrogen and oxygen atoms in total. The van der Waals surface area contributed by atoms with Crippen LogP contribution in [0.25, 0.3) is 11.7 Å². The molecule has 0 spiro atoms. The summed E-state index contributed by atoms with van der Waals surface area (Å²) in [5, 5.41) is 24.5. The molecule has 1 aliphatic carbocycles. The summed E-state index contributed by atoms with van der Waals surface area (Å²) in [6.45, 7) is 0. The fourth-order valence-electron chi connectivity index (χ4n) is 2.99. The van der Waals surface area contributed by atoms with Gasteiger partial charge in [-0.15, -0.1) is 0 Å². The van der Waals surface area contributed by atoms with Gasteiger partial charge in [0, 0.05) is 17.3 Å². The molecule has 2 aliphatic rings. The highest BCUT2D eigenvalue weighted by Crippen LogP contribution is 2.26. The van der Waals surface area contributed by atoms with Crippen LogP contribution in [0.2, 0.25) is 0 Å². The Bertz CT molecular complexity index is 1270. The van der Waals surface area contributed by atoms with Crippen LogP contribution in [-0.2, 0) is 4.79 Å². The van der Waals surface area contributed by atoms with Crippen LogP contribution >= 0.6 is 0 Å². The van der Waals surface area contributed by atoms with Gasteiger partial charge in [0.05, 0.1) is 17.8 Å². The molecule has 1 aliphatic heterocycles. The van der Waals surface area contributed by atoms with Crippen LogP contribution in [0, 0.1) is 11.3 Å². The number of rotatable bonds is 5. The van der Waals surface area contributed by atoms with E-state index >= 15 is 0 Å². The van der Waals surface area contributed by atoms with E-state index in [2.05, 4.69) is 42.4 Å². The van der Waals surface area contributed by atoms with E-state index in [1.165, 1.54) is 6.08 Å². The van der Waals surface area contributed by atoms with Crippen molar-refractivity contribution >= 4 is 41.2 Å². The van der Waals surface area contributed by atoms with Crippen molar-refractivity contribution in [2.75, 3.05) is 10.6 Å². The number of benzene rings is 1. The van der Waals surface area contributed by atoms with Gasteiger partial charge in [0.25, 0.3) is 5.91 Å². The average Bonchev–Trinajstić information content (AvgIpc) is 3.37. The first kappa shape index (κ1) is 17.6. The zero-order chi connectivity index (χ0) is 20.7. The van der Waals surface area contributed by atoms with Gasteiger partial charge in [0.15, 0.2) is 5.65 Å². The van der Waals surface area contributed by atoms with Gasteiger partial charge in [-0.1, -0.05) is 6.07 Å². The third kappa shape index (κ3) is 3.37. The van der Waals surface area contributed by atoms with Crippen LogP contribution in [-0.4, -0.2) is 37.6 Å². The molecule has 11 heteroatoms. The number of nitriles is 1. The third-order valence-corrected chi connectivity index (χ3v) is 4.57. The topological polar surface area (TPSA) is 149 Å². The lowest BCUT2D eigenvalue weighted by Crippen LogP contribution is -2.22. The number of hydrogen-bond donors (Lipinski definition) is 4. The lowest BCUT2D eigenvalue weighted by molar-refractivity contribution is -0.115. The first-order valence-electron chi connectivity index (χ1n) is 9.22. The summed E-state index contributed by atoms with van der Waals surface area (Å²) < 4.78 is 1.55. The Balaban J connectivity index is 1.57. The number of hydrogen-bond acceptors (Lipinski definition) is 8. The summed E-state index contributed by atoms with van der Waals surface area (Å²) in [7, 11) is 0. The Kier molecular flexibility index (Phi) is 4.03. The third-order valence-electron chi connectivity index (χ3n) is 4.57. The normalized spacial score (nSPS) is 17.0. The van der Waals surface area contributed by atoms with Crippen LogP contribution in [0.3, 0.4) is 0 Å². The van der Waals surface area contributed by atoms with E-state index in [0.29, 0.717) is 40.4 Å². The summed E-state index contributed by atoms with van der Waals surface area (Å²) in [4.78, 5) is 32.3. The van der Waals surface area contributed by atoms with Gasteiger partial charge >= 0.3 is 6.03 Å². The second-order valence-corrected chi connectivity index (χ2v) is 6.91. The van der Waals surface area contributed by atoms with E-state index in [9.17, 15) is 9.59 Å². The van der Waals surface area contributed by atoms with Crippen LogP contribution in [0.5, 0.6) is 0 Å². The number of amides is 3. The van der Waals surface area contributed by atoms with Crippen molar-refractivity contribution in [1.82, 2.24) is 30.2 Å². The average molecular weight is 401 g/mol. The Morgan fingerprint density at radius 2 is 2.10 bits per heavy atom. The molecule has 3 heterocycles. The van der Waals surface area contributed by atoms with Gasteiger partial charge in [-0.3, -0.25) is 10.1 Å². The molecule has 5 rings (SSSR count). The second kappa shape index (κ2) is 6.85. The van der Waals surface area contributed by atoms with Crippen LogP contribution in [0.4, 0.5) is 22.4 Å². The fourth-order valence-corrected chi connectivity index (χ4v) is 2.99. The van der Waals surface area contributed by atoms with Gasteiger partial charge in [-0.05, 0) is 37.1 Å². The predicted molar refractivity (Wildman–Crippen MR) is 107 cm³/mol. The number of fused-ring (bicyclic) bond motifs is 1. The molecule has 3 amide bonds. The van der Waals surface area contributed by atoms with Gasteiger partial charge in [-0.25, -0.2) is 4.79 Å². The number of imide groups is 1.